The molecule has 132 valence electrons. The largest absolute Gasteiger partial charge is 0.457 e. The zero-order valence-electron chi connectivity index (χ0n) is 14.6. The Morgan fingerprint density at radius 3 is 2.54 bits per heavy atom. The monoisotopic (exact) mass is 349 g/mol. The fourth-order valence-electron chi connectivity index (χ4n) is 2.53. The normalized spacial score (nSPS) is 10.4. The van der Waals surface area contributed by atoms with E-state index in [-0.39, 0.29) is 12.1 Å². The van der Waals surface area contributed by atoms with Crippen molar-refractivity contribution >= 4 is 5.91 Å². The maximum atomic E-state index is 12.5. The van der Waals surface area contributed by atoms with Gasteiger partial charge in [0.25, 0.3) is 11.5 Å². The van der Waals surface area contributed by atoms with E-state index in [9.17, 15) is 9.59 Å². The standard InChI is InChI=1S/C20H19N3O3/c1-13-14(2)22-23-20(25)18(13)19(24)21-12-15-8-6-7-11-17(15)26-16-9-4-3-5-10-16/h3-11H,12H2,1-2H3,(H,21,24)(H,23,25). The Hall–Kier alpha value is -3.41. The number of aromatic nitrogens is 2. The average Bonchev–Trinajstić information content (AvgIpc) is 2.65. The van der Waals surface area contributed by atoms with Gasteiger partial charge in [-0.15, -0.1) is 0 Å². The molecule has 6 heteroatoms. The number of ether oxygens (including phenoxy) is 1. The number of benzene rings is 2. The van der Waals surface area contributed by atoms with E-state index in [1.165, 1.54) is 0 Å². The van der Waals surface area contributed by atoms with Crippen LogP contribution in [0.2, 0.25) is 0 Å². The summed E-state index contributed by atoms with van der Waals surface area (Å²) in [6.45, 7) is 3.69. The molecule has 2 aromatic carbocycles. The summed E-state index contributed by atoms with van der Waals surface area (Å²) in [5.41, 5.74) is 1.57. The Labute approximate surface area is 150 Å². The van der Waals surface area contributed by atoms with Gasteiger partial charge in [0.2, 0.25) is 0 Å². The summed E-state index contributed by atoms with van der Waals surface area (Å²) in [4.78, 5) is 24.4. The number of para-hydroxylation sites is 2. The molecule has 0 unspecified atom stereocenters. The van der Waals surface area contributed by atoms with E-state index in [0.717, 1.165) is 5.56 Å². The summed E-state index contributed by atoms with van der Waals surface area (Å²) < 4.78 is 5.88. The lowest BCUT2D eigenvalue weighted by Crippen LogP contribution is -2.31. The van der Waals surface area contributed by atoms with Crippen LogP contribution in [0.5, 0.6) is 11.5 Å². The fraction of sp³-hybridized carbons (Fsp3) is 0.150. The van der Waals surface area contributed by atoms with Crippen molar-refractivity contribution in [2.75, 3.05) is 0 Å². The van der Waals surface area contributed by atoms with Crippen LogP contribution in [0, 0.1) is 13.8 Å². The molecule has 1 heterocycles. The van der Waals surface area contributed by atoms with Crippen LogP contribution in [0.4, 0.5) is 0 Å². The van der Waals surface area contributed by atoms with Crippen LogP contribution in [0.15, 0.2) is 59.4 Å². The first-order chi connectivity index (χ1) is 12.6. The van der Waals surface area contributed by atoms with Crippen molar-refractivity contribution in [1.29, 1.82) is 0 Å². The second-order valence-corrected chi connectivity index (χ2v) is 5.84. The number of nitrogens with one attached hydrogen (secondary N) is 2. The number of aryl methyl sites for hydroxylation is 1. The smallest absolute Gasteiger partial charge is 0.277 e. The molecular weight excluding hydrogens is 330 g/mol. The Morgan fingerprint density at radius 1 is 1.08 bits per heavy atom. The Kier molecular flexibility index (Phi) is 5.12. The molecule has 3 aromatic rings. The molecule has 1 aromatic heterocycles. The van der Waals surface area contributed by atoms with E-state index in [1.807, 2.05) is 54.6 Å². The highest BCUT2D eigenvalue weighted by Gasteiger charge is 2.16. The Bertz CT molecular complexity index is 981. The first kappa shape index (κ1) is 17.4. The predicted molar refractivity (Wildman–Crippen MR) is 98.5 cm³/mol. The van der Waals surface area contributed by atoms with Crippen molar-refractivity contribution in [3.05, 3.63) is 87.3 Å². The van der Waals surface area contributed by atoms with Crippen molar-refractivity contribution < 1.29 is 9.53 Å². The molecule has 2 N–H and O–H groups in total. The van der Waals surface area contributed by atoms with Gasteiger partial charge in [0.1, 0.15) is 17.1 Å². The second kappa shape index (κ2) is 7.65. The number of H-pyrrole nitrogens is 1. The molecule has 0 spiro atoms. The van der Waals surface area contributed by atoms with Crippen LogP contribution in [0.25, 0.3) is 0 Å². The van der Waals surface area contributed by atoms with E-state index in [2.05, 4.69) is 15.5 Å². The molecule has 3 rings (SSSR count). The van der Waals surface area contributed by atoms with Crippen LogP contribution in [-0.2, 0) is 6.54 Å². The van der Waals surface area contributed by atoms with Crippen molar-refractivity contribution in [2.24, 2.45) is 0 Å². The molecule has 6 nitrogen and oxygen atoms in total. The molecule has 0 atom stereocenters. The molecule has 0 saturated heterocycles. The molecule has 0 radical (unpaired) electrons. The number of nitrogens with zero attached hydrogens (tertiary/aromatic N) is 1. The maximum Gasteiger partial charge on any atom is 0.277 e. The van der Waals surface area contributed by atoms with Crippen LogP contribution in [0.1, 0.15) is 27.2 Å². The first-order valence-electron chi connectivity index (χ1n) is 8.21. The van der Waals surface area contributed by atoms with E-state index in [0.29, 0.717) is 22.8 Å². The Morgan fingerprint density at radius 2 is 1.77 bits per heavy atom. The van der Waals surface area contributed by atoms with Gasteiger partial charge in [0, 0.05) is 12.1 Å². The minimum Gasteiger partial charge on any atom is -0.457 e. The zero-order chi connectivity index (χ0) is 18.5. The van der Waals surface area contributed by atoms with E-state index < -0.39 is 11.5 Å². The van der Waals surface area contributed by atoms with Crippen molar-refractivity contribution in [2.45, 2.75) is 20.4 Å². The van der Waals surface area contributed by atoms with Gasteiger partial charge in [-0.25, -0.2) is 5.10 Å². The molecule has 1 amide bonds. The maximum absolute atomic E-state index is 12.5. The Balaban J connectivity index is 1.78. The lowest BCUT2D eigenvalue weighted by Gasteiger charge is -2.12. The highest BCUT2D eigenvalue weighted by atomic mass is 16.5. The zero-order valence-corrected chi connectivity index (χ0v) is 14.6. The van der Waals surface area contributed by atoms with E-state index in [1.54, 1.807) is 13.8 Å². The van der Waals surface area contributed by atoms with Gasteiger partial charge in [-0.2, -0.15) is 5.10 Å². The predicted octanol–water partition coefficient (Wildman–Crippen LogP) is 3.11. The number of amides is 1. The summed E-state index contributed by atoms with van der Waals surface area (Å²) in [5, 5.41) is 8.99. The molecule has 0 bridgehead atoms. The SMILES string of the molecule is Cc1n[nH]c(=O)c(C(=O)NCc2ccccc2Oc2ccccc2)c1C. The molecule has 0 aliphatic heterocycles. The fourth-order valence-corrected chi connectivity index (χ4v) is 2.53. The third-order valence-electron chi connectivity index (χ3n) is 4.08. The quantitative estimate of drug-likeness (QED) is 0.741. The summed E-state index contributed by atoms with van der Waals surface area (Å²) in [5.74, 6) is 0.919. The number of rotatable bonds is 5. The van der Waals surface area contributed by atoms with Crippen molar-refractivity contribution in [3.63, 3.8) is 0 Å². The van der Waals surface area contributed by atoms with Crippen LogP contribution >= 0.6 is 0 Å². The van der Waals surface area contributed by atoms with E-state index in [4.69, 9.17) is 4.74 Å². The molecule has 0 fully saturated rings. The highest BCUT2D eigenvalue weighted by molar-refractivity contribution is 5.95. The van der Waals surface area contributed by atoms with Gasteiger partial charge in [-0.3, -0.25) is 9.59 Å². The highest BCUT2D eigenvalue weighted by Crippen LogP contribution is 2.24. The molecule has 0 aliphatic carbocycles. The molecule has 0 saturated carbocycles. The van der Waals surface area contributed by atoms with Crippen LogP contribution in [-0.4, -0.2) is 16.1 Å². The molecule has 26 heavy (non-hydrogen) atoms. The van der Waals surface area contributed by atoms with Crippen molar-refractivity contribution in [3.8, 4) is 11.5 Å². The lowest BCUT2D eigenvalue weighted by atomic mass is 10.1. The number of aromatic amines is 1. The first-order valence-corrected chi connectivity index (χ1v) is 8.21. The number of carbonyl (C=O) groups is 1. The number of hydrogen-bond acceptors (Lipinski definition) is 4. The summed E-state index contributed by atoms with van der Waals surface area (Å²) >= 11 is 0. The summed E-state index contributed by atoms with van der Waals surface area (Å²) in [7, 11) is 0. The average molecular weight is 349 g/mol. The number of hydrogen-bond donors (Lipinski definition) is 2. The van der Waals surface area contributed by atoms with Gasteiger partial charge in [0.15, 0.2) is 0 Å². The van der Waals surface area contributed by atoms with E-state index >= 15 is 0 Å². The summed E-state index contributed by atoms with van der Waals surface area (Å²) in [6.07, 6.45) is 0. The van der Waals surface area contributed by atoms with Gasteiger partial charge < -0.3 is 10.1 Å². The molecule has 0 aliphatic rings. The van der Waals surface area contributed by atoms with Gasteiger partial charge >= 0.3 is 0 Å². The lowest BCUT2D eigenvalue weighted by molar-refractivity contribution is 0.0948. The van der Waals surface area contributed by atoms with Crippen molar-refractivity contribution in [1.82, 2.24) is 15.5 Å². The molecular formula is C20H19N3O3. The van der Waals surface area contributed by atoms with Gasteiger partial charge in [-0.05, 0) is 37.6 Å². The van der Waals surface area contributed by atoms with Crippen LogP contribution in [0.3, 0.4) is 0 Å². The third kappa shape index (κ3) is 3.80. The van der Waals surface area contributed by atoms with Gasteiger partial charge in [0.05, 0.1) is 5.69 Å². The minimum absolute atomic E-state index is 0.0824. The van der Waals surface area contributed by atoms with Gasteiger partial charge in [-0.1, -0.05) is 36.4 Å². The minimum atomic E-state index is -0.501. The second-order valence-electron chi connectivity index (χ2n) is 5.84. The summed E-state index contributed by atoms with van der Waals surface area (Å²) in [6, 6.07) is 16.8. The number of carbonyl (C=O) groups excluding carboxylic acids is 1. The topological polar surface area (TPSA) is 84.1 Å². The third-order valence-corrected chi connectivity index (χ3v) is 4.08. The van der Waals surface area contributed by atoms with Crippen LogP contribution < -0.4 is 15.6 Å².